The molecule has 0 aliphatic carbocycles. The van der Waals surface area contributed by atoms with E-state index in [0.717, 1.165) is 18.9 Å². The van der Waals surface area contributed by atoms with E-state index in [4.69, 9.17) is 5.11 Å². The third kappa shape index (κ3) is 4.73. The maximum atomic E-state index is 11.9. The lowest BCUT2D eigenvalue weighted by molar-refractivity contribution is -0.148. The average molecular weight is 293 g/mol. The molecule has 6 heteroatoms. The van der Waals surface area contributed by atoms with Crippen molar-refractivity contribution in [3.05, 3.63) is 18.3 Å². The number of amides is 1. The van der Waals surface area contributed by atoms with Crippen LogP contribution < -0.4 is 10.2 Å². The lowest BCUT2D eigenvalue weighted by Crippen LogP contribution is -2.29. The number of nitrogens with zero attached hydrogens (tertiary/aromatic N) is 2. The predicted molar refractivity (Wildman–Crippen MR) is 82.5 cm³/mol. The Morgan fingerprint density at radius 2 is 1.90 bits per heavy atom. The molecule has 0 unspecified atom stereocenters. The largest absolute Gasteiger partial charge is 0.481 e. The molecule has 116 valence electrons. The van der Waals surface area contributed by atoms with E-state index in [1.54, 1.807) is 12.3 Å². The highest BCUT2D eigenvalue weighted by molar-refractivity contribution is 5.93. The van der Waals surface area contributed by atoms with Crippen molar-refractivity contribution in [1.29, 1.82) is 0 Å². The van der Waals surface area contributed by atoms with Gasteiger partial charge in [-0.05, 0) is 39.8 Å². The van der Waals surface area contributed by atoms with Crippen molar-refractivity contribution in [1.82, 2.24) is 4.98 Å². The first-order valence-electron chi connectivity index (χ1n) is 7.04. The van der Waals surface area contributed by atoms with Gasteiger partial charge in [-0.15, -0.1) is 0 Å². The Bertz CT molecular complexity index is 493. The number of carbonyl (C=O) groups excluding carboxylic acids is 1. The van der Waals surface area contributed by atoms with Crippen molar-refractivity contribution < 1.29 is 14.7 Å². The second-order valence-corrected chi connectivity index (χ2v) is 5.49. The van der Waals surface area contributed by atoms with Crippen LogP contribution in [0.25, 0.3) is 0 Å². The fraction of sp³-hybridized carbons (Fsp3) is 0.533. The van der Waals surface area contributed by atoms with E-state index in [1.165, 1.54) is 13.8 Å². The van der Waals surface area contributed by atoms with Crippen LogP contribution in [0.5, 0.6) is 0 Å². The molecule has 1 amide bonds. The summed E-state index contributed by atoms with van der Waals surface area (Å²) < 4.78 is 0. The zero-order valence-corrected chi connectivity index (χ0v) is 13.0. The highest BCUT2D eigenvalue weighted by Gasteiger charge is 2.30. The number of aromatic nitrogens is 1. The molecule has 1 aromatic heterocycles. The quantitative estimate of drug-likeness (QED) is 0.806. The minimum Gasteiger partial charge on any atom is -0.481 e. The zero-order chi connectivity index (χ0) is 16.0. The van der Waals surface area contributed by atoms with E-state index in [0.29, 0.717) is 5.69 Å². The summed E-state index contributed by atoms with van der Waals surface area (Å²) in [6, 6.07) is 3.61. The number of carboxylic acid groups (broad SMARTS) is 1. The first kappa shape index (κ1) is 16.9. The van der Waals surface area contributed by atoms with Crippen LogP contribution in [0, 0.1) is 5.41 Å². The number of hydrogen-bond acceptors (Lipinski definition) is 4. The molecule has 0 atom stereocenters. The Balaban J connectivity index is 2.68. The molecule has 1 heterocycles. The number of nitrogens with one attached hydrogen (secondary N) is 1. The summed E-state index contributed by atoms with van der Waals surface area (Å²) >= 11 is 0. The van der Waals surface area contributed by atoms with E-state index in [1.807, 2.05) is 6.07 Å². The summed E-state index contributed by atoms with van der Waals surface area (Å²) in [5.74, 6) is -0.476. The van der Waals surface area contributed by atoms with Gasteiger partial charge in [-0.1, -0.05) is 0 Å². The number of carboxylic acids is 1. The smallest absolute Gasteiger partial charge is 0.309 e. The summed E-state index contributed by atoms with van der Waals surface area (Å²) in [7, 11) is 0. The highest BCUT2D eigenvalue weighted by atomic mass is 16.4. The van der Waals surface area contributed by atoms with Gasteiger partial charge < -0.3 is 15.3 Å². The number of rotatable bonds is 7. The zero-order valence-electron chi connectivity index (χ0n) is 13.0. The molecule has 0 aliphatic heterocycles. The van der Waals surface area contributed by atoms with Crippen molar-refractivity contribution in [2.75, 3.05) is 23.3 Å². The van der Waals surface area contributed by atoms with Gasteiger partial charge in [0.05, 0.1) is 17.3 Å². The molecule has 0 fully saturated rings. The number of carbonyl (C=O) groups is 2. The molecule has 6 nitrogen and oxygen atoms in total. The molecule has 0 saturated carbocycles. The minimum atomic E-state index is -1.08. The Kier molecular flexibility index (Phi) is 5.69. The molecule has 0 aliphatic rings. The van der Waals surface area contributed by atoms with Crippen LogP contribution in [0.2, 0.25) is 0 Å². The van der Waals surface area contributed by atoms with E-state index in [2.05, 4.69) is 29.0 Å². The van der Waals surface area contributed by atoms with Crippen molar-refractivity contribution in [3.8, 4) is 0 Å². The molecular weight excluding hydrogens is 270 g/mol. The number of anilines is 2. The molecule has 0 bridgehead atoms. The first-order chi connectivity index (χ1) is 9.80. The molecule has 0 saturated heterocycles. The van der Waals surface area contributed by atoms with Crippen LogP contribution in [0.3, 0.4) is 0 Å². The summed E-state index contributed by atoms with van der Waals surface area (Å²) in [6.07, 6.45) is 1.50. The maximum absolute atomic E-state index is 11.9. The fourth-order valence-electron chi connectivity index (χ4n) is 1.88. The van der Waals surface area contributed by atoms with Crippen LogP contribution in [-0.2, 0) is 9.59 Å². The Labute approximate surface area is 125 Å². The van der Waals surface area contributed by atoms with Crippen molar-refractivity contribution in [2.45, 2.75) is 34.1 Å². The number of aliphatic carboxylic acids is 1. The second-order valence-electron chi connectivity index (χ2n) is 5.49. The molecular formula is C15H23N3O3. The standard InChI is InChI=1S/C15H23N3O3/c1-5-18(6-2)12-8-7-11(10-16-12)17-13(19)9-15(3,4)14(20)21/h7-8,10H,5-6,9H2,1-4H3,(H,17,19)(H,20,21). The maximum Gasteiger partial charge on any atom is 0.309 e. The van der Waals surface area contributed by atoms with Gasteiger partial charge in [-0.2, -0.15) is 0 Å². The summed E-state index contributed by atoms with van der Waals surface area (Å²) in [4.78, 5) is 29.2. The molecule has 1 aromatic rings. The van der Waals surface area contributed by atoms with Crippen molar-refractivity contribution >= 4 is 23.4 Å². The van der Waals surface area contributed by atoms with Crippen LogP contribution in [-0.4, -0.2) is 35.1 Å². The van der Waals surface area contributed by atoms with Crippen molar-refractivity contribution in [3.63, 3.8) is 0 Å². The monoisotopic (exact) mass is 293 g/mol. The Morgan fingerprint density at radius 1 is 1.29 bits per heavy atom. The van der Waals surface area contributed by atoms with E-state index in [9.17, 15) is 9.59 Å². The van der Waals surface area contributed by atoms with Crippen LogP contribution in [0.15, 0.2) is 18.3 Å². The Hall–Kier alpha value is -2.11. The van der Waals surface area contributed by atoms with Gasteiger partial charge in [0, 0.05) is 19.5 Å². The third-order valence-corrected chi connectivity index (χ3v) is 3.30. The van der Waals surface area contributed by atoms with Gasteiger partial charge in [0.1, 0.15) is 5.82 Å². The summed E-state index contributed by atoms with van der Waals surface area (Å²) in [5, 5.41) is 11.7. The lowest BCUT2D eigenvalue weighted by atomic mass is 9.89. The van der Waals surface area contributed by atoms with E-state index in [-0.39, 0.29) is 12.3 Å². The fourth-order valence-corrected chi connectivity index (χ4v) is 1.88. The highest BCUT2D eigenvalue weighted by Crippen LogP contribution is 2.21. The molecule has 0 radical (unpaired) electrons. The number of hydrogen-bond donors (Lipinski definition) is 2. The third-order valence-electron chi connectivity index (χ3n) is 3.30. The molecule has 1 rings (SSSR count). The van der Waals surface area contributed by atoms with Gasteiger partial charge in [0.25, 0.3) is 0 Å². The van der Waals surface area contributed by atoms with Gasteiger partial charge in [-0.25, -0.2) is 4.98 Å². The Morgan fingerprint density at radius 3 is 2.33 bits per heavy atom. The first-order valence-corrected chi connectivity index (χ1v) is 7.04. The van der Waals surface area contributed by atoms with E-state index < -0.39 is 11.4 Å². The van der Waals surface area contributed by atoms with Crippen LogP contribution in [0.1, 0.15) is 34.1 Å². The molecule has 0 aromatic carbocycles. The van der Waals surface area contributed by atoms with E-state index >= 15 is 0 Å². The molecule has 21 heavy (non-hydrogen) atoms. The van der Waals surface area contributed by atoms with Gasteiger partial charge in [0.2, 0.25) is 5.91 Å². The van der Waals surface area contributed by atoms with Crippen LogP contribution >= 0.6 is 0 Å². The molecule has 2 N–H and O–H groups in total. The molecule has 0 spiro atoms. The van der Waals surface area contributed by atoms with Crippen molar-refractivity contribution in [2.24, 2.45) is 5.41 Å². The average Bonchev–Trinajstić information content (AvgIpc) is 2.41. The second kappa shape index (κ2) is 7.06. The van der Waals surface area contributed by atoms with Gasteiger partial charge >= 0.3 is 5.97 Å². The predicted octanol–water partition coefficient (Wildman–Crippen LogP) is 2.37. The lowest BCUT2D eigenvalue weighted by Gasteiger charge is -2.20. The normalized spacial score (nSPS) is 11.0. The van der Waals surface area contributed by atoms with Crippen LogP contribution in [0.4, 0.5) is 11.5 Å². The summed E-state index contributed by atoms with van der Waals surface area (Å²) in [5.41, 5.74) is -0.518. The van der Waals surface area contributed by atoms with Gasteiger partial charge in [-0.3, -0.25) is 9.59 Å². The SMILES string of the molecule is CCN(CC)c1ccc(NC(=O)CC(C)(C)C(=O)O)cn1. The van der Waals surface area contributed by atoms with Gasteiger partial charge in [0.15, 0.2) is 0 Å². The topological polar surface area (TPSA) is 82.5 Å². The summed E-state index contributed by atoms with van der Waals surface area (Å²) in [6.45, 7) is 8.88. The number of pyridine rings is 1. The minimum absolute atomic E-state index is 0.0832.